The maximum atomic E-state index is 7.09. The average Bonchev–Trinajstić information content (AvgIpc) is 2.76. The van der Waals surface area contributed by atoms with Gasteiger partial charge in [-0.25, -0.2) is 0 Å². The molecule has 0 aromatic heterocycles. The van der Waals surface area contributed by atoms with E-state index in [4.69, 9.17) is 13.9 Å². The monoisotopic (exact) mass is 520 g/mol. The van der Waals surface area contributed by atoms with Gasteiger partial charge in [0.25, 0.3) is 0 Å². The molecule has 1 aliphatic carbocycles. The van der Waals surface area contributed by atoms with Crippen LogP contribution in [-0.4, -0.2) is 34.4 Å². The van der Waals surface area contributed by atoms with Crippen molar-refractivity contribution < 1.29 is 13.9 Å². The highest BCUT2D eigenvalue weighted by Crippen LogP contribution is 2.47. The van der Waals surface area contributed by atoms with Crippen molar-refractivity contribution in [3.05, 3.63) is 34.9 Å². The highest BCUT2D eigenvalue weighted by Gasteiger charge is 2.49. The summed E-state index contributed by atoms with van der Waals surface area (Å²) in [4.78, 5) is 0. The maximum Gasteiger partial charge on any atom is 0.192 e. The summed E-state index contributed by atoms with van der Waals surface area (Å²) in [6.45, 7) is 28.2. The first-order chi connectivity index (χ1) is 16.6. The van der Waals surface area contributed by atoms with Gasteiger partial charge in [0.1, 0.15) is 6.79 Å². The van der Waals surface area contributed by atoms with E-state index in [0.717, 1.165) is 32.1 Å². The van der Waals surface area contributed by atoms with Crippen molar-refractivity contribution in [2.24, 2.45) is 23.7 Å². The summed E-state index contributed by atoms with van der Waals surface area (Å²) in [6, 6.07) is 0. The third kappa shape index (κ3) is 10.2. The lowest BCUT2D eigenvalue weighted by atomic mass is 9.65. The molecule has 1 aliphatic rings. The minimum Gasteiger partial charge on any atom is -0.413 e. The lowest BCUT2D eigenvalue weighted by Gasteiger charge is -2.52. The molecule has 0 amide bonds. The van der Waals surface area contributed by atoms with Crippen molar-refractivity contribution in [1.29, 1.82) is 0 Å². The molecule has 1 fully saturated rings. The Morgan fingerprint density at radius 1 is 0.778 bits per heavy atom. The lowest BCUT2D eigenvalue weighted by molar-refractivity contribution is -0.165. The van der Waals surface area contributed by atoms with Gasteiger partial charge in [-0.05, 0) is 102 Å². The molecule has 0 N–H and O–H groups in total. The summed E-state index contributed by atoms with van der Waals surface area (Å²) in [5, 5.41) is 0.211. The molecule has 36 heavy (non-hydrogen) atoms. The molecular formula is C32H60O3Si. The van der Waals surface area contributed by atoms with E-state index >= 15 is 0 Å². The van der Waals surface area contributed by atoms with E-state index in [2.05, 4.69) is 101 Å². The second-order valence-electron chi connectivity index (χ2n) is 13.3. The van der Waals surface area contributed by atoms with Gasteiger partial charge in [0.15, 0.2) is 8.32 Å². The Hall–Kier alpha value is -0.683. The Balaban J connectivity index is 2.95. The zero-order chi connectivity index (χ0) is 27.7. The quantitative estimate of drug-likeness (QED) is 0.137. The van der Waals surface area contributed by atoms with Crippen molar-refractivity contribution in [2.45, 2.75) is 132 Å². The van der Waals surface area contributed by atoms with Crippen LogP contribution in [0.25, 0.3) is 0 Å². The van der Waals surface area contributed by atoms with Crippen molar-refractivity contribution in [2.75, 3.05) is 13.9 Å². The van der Waals surface area contributed by atoms with Gasteiger partial charge < -0.3 is 13.9 Å². The Labute approximate surface area is 226 Å². The van der Waals surface area contributed by atoms with Crippen LogP contribution in [-0.2, 0) is 13.9 Å². The van der Waals surface area contributed by atoms with Crippen molar-refractivity contribution in [3.8, 4) is 0 Å². The summed E-state index contributed by atoms with van der Waals surface area (Å²) in [7, 11) is -0.143. The first-order valence-corrected chi connectivity index (χ1v) is 17.3. The van der Waals surface area contributed by atoms with Crippen LogP contribution in [0.1, 0.15) is 101 Å². The van der Waals surface area contributed by atoms with E-state index in [-0.39, 0.29) is 17.2 Å². The van der Waals surface area contributed by atoms with Crippen LogP contribution in [0.4, 0.5) is 0 Å². The fourth-order valence-corrected chi connectivity index (χ4v) is 6.65. The van der Waals surface area contributed by atoms with Crippen LogP contribution >= 0.6 is 0 Å². The molecule has 3 nitrogen and oxygen atoms in total. The molecule has 0 saturated heterocycles. The first-order valence-electron chi connectivity index (χ1n) is 14.3. The van der Waals surface area contributed by atoms with Crippen LogP contribution in [0.3, 0.4) is 0 Å². The standard InChI is InChI=1S/C32H60O3Si/c1-23(2)16-14-17-24(3)18-15-19-25(4)20-21-29-28(7)30(35-36(12,13)32(8,9)10)26(5)27(6)31(29)34-22-33-11/h16,18,20,26-31H,14-15,17,19,21-22H2,1-13H3/b24-18+,25-20+/t26-,27+,28+,29+,30+,31-/m1/s1. The maximum absolute atomic E-state index is 7.09. The van der Waals surface area contributed by atoms with E-state index in [9.17, 15) is 0 Å². The molecule has 1 rings (SSSR count). The second-order valence-corrected chi connectivity index (χ2v) is 18.1. The molecule has 0 heterocycles. The molecule has 1 saturated carbocycles. The van der Waals surface area contributed by atoms with Gasteiger partial charge in [0.2, 0.25) is 0 Å². The van der Waals surface area contributed by atoms with E-state index in [0.29, 0.717) is 30.5 Å². The van der Waals surface area contributed by atoms with Gasteiger partial charge in [-0.3, -0.25) is 0 Å². The predicted molar refractivity (Wildman–Crippen MR) is 160 cm³/mol. The summed E-state index contributed by atoms with van der Waals surface area (Å²) >= 11 is 0. The minimum absolute atomic E-state index is 0.190. The van der Waals surface area contributed by atoms with E-state index < -0.39 is 8.32 Å². The molecule has 210 valence electrons. The third-order valence-electron chi connectivity index (χ3n) is 8.96. The van der Waals surface area contributed by atoms with Gasteiger partial charge in [-0.2, -0.15) is 0 Å². The number of methoxy groups -OCH3 is 1. The average molecular weight is 521 g/mol. The molecule has 0 aliphatic heterocycles. The number of ether oxygens (including phenoxy) is 2. The lowest BCUT2D eigenvalue weighted by Crippen LogP contribution is -2.56. The molecule has 0 spiro atoms. The zero-order valence-electron chi connectivity index (χ0n) is 26.2. The largest absolute Gasteiger partial charge is 0.413 e. The highest BCUT2D eigenvalue weighted by atomic mass is 28.4. The molecule has 0 aromatic rings. The van der Waals surface area contributed by atoms with E-state index in [1.54, 1.807) is 7.11 Å². The van der Waals surface area contributed by atoms with E-state index in [1.807, 2.05) is 0 Å². The van der Waals surface area contributed by atoms with Gasteiger partial charge in [0.05, 0.1) is 12.2 Å². The van der Waals surface area contributed by atoms with Crippen molar-refractivity contribution >= 4 is 8.32 Å². The summed E-state index contributed by atoms with van der Waals surface area (Å²) < 4.78 is 18.8. The fourth-order valence-electron chi connectivity index (χ4n) is 5.19. The van der Waals surface area contributed by atoms with Crippen molar-refractivity contribution in [3.63, 3.8) is 0 Å². The van der Waals surface area contributed by atoms with Crippen LogP contribution < -0.4 is 0 Å². The van der Waals surface area contributed by atoms with Gasteiger partial charge >= 0.3 is 0 Å². The summed E-state index contributed by atoms with van der Waals surface area (Å²) in [6.07, 6.45) is 13.3. The summed E-state index contributed by atoms with van der Waals surface area (Å²) in [5.41, 5.74) is 4.39. The van der Waals surface area contributed by atoms with Gasteiger partial charge in [0, 0.05) is 7.11 Å². The van der Waals surface area contributed by atoms with Crippen LogP contribution in [0.15, 0.2) is 34.9 Å². The number of hydrogen-bond acceptors (Lipinski definition) is 3. The Kier molecular flexibility index (Phi) is 13.9. The number of rotatable bonds is 13. The molecule has 6 atom stereocenters. The zero-order valence-corrected chi connectivity index (χ0v) is 27.2. The third-order valence-corrected chi connectivity index (χ3v) is 13.4. The van der Waals surface area contributed by atoms with E-state index in [1.165, 1.54) is 16.7 Å². The molecule has 0 bridgehead atoms. The predicted octanol–water partition coefficient (Wildman–Crippen LogP) is 9.71. The second kappa shape index (κ2) is 15.0. The molecule has 4 heteroatoms. The van der Waals surface area contributed by atoms with Crippen LogP contribution in [0, 0.1) is 23.7 Å². The van der Waals surface area contributed by atoms with Crippen LogP contribution in [0.5, 0.6) is 0 Å². The highest BCUT2D eigenvalue weighted by molar-refractivity contribution is 6.74. The Morgan fingerprint density at radius 3 is 1.83 bits per heavy atom. The van der Waals surface area contributed by atoms with Crippen molar-refractivity contribution in [1.82, 2.24) is 0 Å². The number of hydrogen-bond donors (Lipinski definition) is 0. The fraction of sp³-hybridized carbons (Fsp3) is 0.812. The SMILES string of the molecule is COCO[C@@H]1[C@@H](C)[C@@H](C)[C@H](O[Si](C)(C)C(C)(C)C)[C@@H](C)[C@@H]1C/C=C(\C)CC/C=C(\C)CCC=C(C)C. The number of allylic oxidation sites excluding steroid dienone is 6. The molecule has 0 aromatic carbocycles. The molecule has 0 radical (unpaired) electrons. The summed E-state index contributed by atoms with van der Waals surface area (Å²) in [5.74, 6) is 1.75. The Morgan fingerprint density at radius 2 is 1.31 bits per heavy atom. The normalized spacial score (nSPS) is 28.4. The topological polar surface area (TPSA) is 27.7 Å². The first kappa shape index (κ1) is 33.3. The van der Waals surface area contributed by atoms with Gasteiger partial charge in [-0.15, -0.1) is 0 Å². The Bertz CT molecular complexity index is 739. The van der Waals surface area contributed by atoms with Crippen LogP contribution in [0.2, 0.25) is 18.1 Å². The minimum atomic E-state index is -1.86. The van der Waals surface area contributed by atoms with Gasteiger partial charge in [-0.1, -0.05) is 76.5 Å². The molecular weight excluding hydrogens is 460 g/mol. The smallest absolute Gasteiger partial charge is 0.192 e. The molecule has 0 unspecified atom stereocenters.